The minimum Gasteiger partial charge on any atom is -0.370 e. The molecule has 3 saturated heterocycles. The number of sulfonamides is 1. The number of rotatable bonds is 1. The van der Waals surface area contributed by atoms with Gasteiger partial charge in [0.2, 0.25) is 10.0 Å². The van der Waals surface area contributed by atoms with Gasteiger partial charge in [-0.15, -0.1) is 0 Å². The lowest BCUT2D eigenvalue weighted by Crippen LogP contribution is -2.44. The van der Waals surface area contributed by atoms with Crippen molar-refractivity contribution in [1.82, 2.24) is 0 Å². The molecule has 0 N–H and O–H groups in total. The highest BCUT2D eigenvalue weighted by Gasteiger charge is 2.66. The quantitative estimate of drug-likeness (QED) is 0.760. The van der Waals surface area contributed by atoms with Gasteiger partial charge in [-0.05, 0) is 38.0 Å². The van der Waals surface area contributed by atoms with Crippen molar-refractivity contribution in [2.45, 2.75) is 42.9 Å². The minimum absolute atomic E-state index is 0.0521. The summed E-state index contributed by atoms with van der Waals surface area (Å²) in [5, 5.41) is 8.15. The second-order valence-electron chi connectivity index (χ2n) is 7.01. The Labute approximate surface area is 143 Å². The highest BCUT2D eigenvalue weighted by atomic mass is 32.2. The summed E-state index contributed by atoms with van der Waals surface area (Å²) in [5.41, 5.74) is -2.47. The van der Waals surface area contributed by atoms with Crippen LogP contribution in [0.2, 0.25) is 0 Å². The van der Waals surface area contributed by atoms with Gasteiger partial charge in [0.1, 0.15) is 5.25 Å². The van der Waals surface area contributed by atoms with E-state index in [0.29, 0.717) is 6.42 Å². The van der Waals surface area contributed by atoms with E-state index in [0.717, 1.165) is 22.9 Å². The Morgan fingerprint density at radius 2 is 2.12 bits per heavy atom. The van der Waals surface area contributed by atoms with Gasteiger partial charge in [0.25, 0.3) is 0 Å². The summed E-state index contributed by atoms with van der Waals surface area (Å²) in [4.78, 5) is 0. The summed E-state index contributed by atoms with van der Waals surface area (Å²) < 4.78 is 72.4. The number of fused-ring (bicyclic) bond motifs is 5. The molecule has 0 spiro atoms. The monoisotopic (exact) mass is 372 g/mol. The summed E-state index contributed by atoms with van der Waals surface area (Å²) in [5.74, 6) is -0.242. The normalized spacial score (nSPS) is 35.6. The maximum atomic E-state index is 13.2. The third-order valence-corrected chi connectivity index (χ3v) is 8.00. The first-order valence-corrected chi connectivity index (χ1v) is 9.39. The van der Waals surface area contributed by atoms with Crippen molar-refractivity contribution in [1.29, 1.82) is 5.26 Å². The van der Waals surface area contributed by atoms with E-state index in [2.05, 4.69) is 0 Å². The summed E-state index contributed by atoms with van der Waals surface area (Å²) in [7, 11) is -3.83. The van der Waals surface area contributed by atoms with Crippen LogP contribution in [0.5, 0.6) is 0 Å². The molecule has 3 heterocycles. The number of anilines is 1. The fraction of sp³-hybridized carbons (Fsp3) is 0.562. The molecule has 4 atom stereocenters. The lowest BCUT2D eigenvalue weighted by Gasteiger charge is -2.28. The van der Waals surface area contributed by atoms with E-state index in [1.807, 2.05) is 0 Å². The van der Waals surface area contributed by atoms with Gasteiger partial charge in [-0.1, -0.05) is 0 Å². The van der Waals surface area contributed by atoms with Crippen LogP contribution >= 0.6 is 0 Å². The van der Waals surface area contributed by atoms with Crippen LogP contribution in [0, 0.1) is 17.2 Å². The number of hydrogen-bond acceptors (Lipinski definition) is 4. The van der Waals surface area contributed by atoms with Crippen LogP contribution in [-0.2, 0) is 20.9 Å². The Hall–Kier alpha value is -1.79. The first-order chi connectivity index (χ1) is 11.6. The van der Waals surface area contributed by atoms with Crippen molar-refractivity contribution in [3.63, 3.8) is 0 Å². The largest absolute Gasteiger partial charge is 0.417 e. The van der Waals surface area contributed by atoms with Gasteiger partial charge >= 0.3 is 6.18 Å². The Balaban J connectivity index is 1.79. The number of nitrogens with zero attached hydrogens (tertiary/aromatic N) is 2. The Bertz CT molecular complexity index is 893. The second kappa shape index (κ2) is 4.89. The molecule has 3 fully saturated rings. The van der Waals surface area contributed by atoms with Crippen LogP contribution in [0.15, 0.2) is 18.2 Å². The van der Waals surface area contributed by atoms with Crippen LogP contribution in [0.4, 0.5) is 18.9 Å². The van der Waals surface area contributed by atoms with Crippen LogP contribution in [0.3, 0.4) is 0 Å². The van der Waals surface area contributed by atoms with E-state index in [1.54, 1.807) is 6.92 Å². The molecule has 2 bridgehead atoms. The molecule has 9 heteroatoms. The van der Waals surface area contributed by atoms with E-state index in [1.165, 1.54) is 12.1 Å². The smallest absolute Gasteiger partial charge is 0.370 e. The first kappa shape index (κ1) is 16.7. The van der Waals surface area contributed by atoms with Gasteiger partial charge in [-0.2, -0.15) is 18.4 Å². The van der Waals surface area contributed by atoms with E-state index in [9.17, 15) is 21.6 Å². The maximum Gasteiger partial charge on any atom is 0.417 e. The fourth-order valence-electron chi connectivity index (χ4n) is 4.50. The van der Waals surface area contributed by atoms with Gasteiger partial charge in [0, 0.05) is 12.5 Å². The zero-order valence-corrected chi connectivity index (χ0v) is 14.1. The second-order valence-corrected chi connectivity index (χ2v) is 8.99. The Morgan fingerprint density at radius 1 is 1.40 bits per heavy atom. The van der Waals surface area contributed by atoms with E-state index < -0.39 is 38.2 Å². The first-order valence-electron chi connectivity index (χ1n) is 7.89. The van der Waals surface area contributed by atoms with E-state index in [-0.39, 0.29) is 24.3 Å². The zero-order valence-electron chi connectivity index (χ0n) is 13.2. The summed E-state index contributed by atoms with van der Waals surface area (Å²) in [6.07, 6.45) is -3.50. The van der Waals surface area contributed by atoms with Gasteiger partial charge < -0.3 is 4.74 Å². The Kier molecular flexibility index (Phi) is 3.26. The Morgan fingerprint density at radius 3 is 2.72 bits per heavy atom. The highest BCUT2D eigenvalue weighted by molar-refractivity contribution is 7.93. The molecule has 1 aromatic rings. The van der Waals surface area contributed by atoms with Crippen molar-refractivity contribution < 1.29 is 26.3 Å². The number of benzene rings is 1. The predicted octanol–water partition coefficient (Wildman–Crippen LogP) is 2.66. The average Bonchev–Trinajstić information content (AvgIpc) is 3.13. The van der Waals surface area contributed by atoms with Crippen molar-refractivity contribution in [3.05, 3.63) is 29.3 Å². The summed E-state index contributed by atoms with van der Waals surface area (Å²) in [6, 6.07) is 4.54. The number of ether oxygens (including phenoxy) is 1. The fourth-order valence-corrected chi connectivity index (χ4v) is 7.07. The molecule has 0 radical (unpaired) electrons. The third kappa shape index (κ3) is 2.20. The SMILES string of the molecule is C[C@@]12CC[C@@H](O1)[C@@H]1CN(c3ccc(C#N)c(C(F)(F)F)c3)S(=O)(=O)[C@@H]12. The molecule has 3 aliphatic rings. The molecule has 0 aromatic heterocycles. The molecular formula is C16H15F3N2O3S. The molecule has 4 rings (SSSR count). The molecule has 1 aromatic carbocycles. The topological polar surface area (TPSA) is 70.4 Å². The molecule has 5 nitrogen and oxygen atoms in total. The molecule has 0 unspecified atom stereocenters. The summed E-state index contributed by atoms with van der Waals surface area (Å²) in [6.45, 7) is 1.87. The number of alkyl halides is 3. The van der Waals surface area contributed by atoms with Crippen LogP contribution in [-0.4, -0.2) is 31.9 Å². The molecule has 3 aliphatic heterocycles. The van der Waals surface area contributed by atoms with Crippen molar-refractivity contribution in [2.75, 3.05) is 10.8 Å². The van der Waals surface area contributed by atoms with Gasteiger partial charge in [0.15, 0.2) is 0 Å². The van der Waals surface area contributed by atoms with Gasteiger partial charge in [-0.25, -0.2) is 8.42 Å². The van der Waals surface area contributed by atoms with E-state index in [4.69, 9.17) is 10.00 Å². The highest BCUT2D eigenvalue weighted by Crippen LogP contribution is 2.54. The van der Waals surface area contributed by atoms with Crippen molar-refractivity contribution in [2.24, 2.45) is 5.92 Å². The minimum atomic E-state index is -4.73. The van der Waals surface area contributed by atoms with Crippen molar-refractivity contribution >= 4 is 15.7 Å². The van der Waals surface area contributed by atoms with E-state index >= 15 is 0 Å². The van der Waals surface area contributed by atoms with Crippen LogP contribution in [0.1, 0.15) is 30.9 Å². The zero-order chi connectivity index (χ0) is 18.2. The molecule has 0 aliphatic carbocycles. The third-order valence-electron chi connectivity index (χ3n) is 5.54. The van der Waals surface area contributed by atoms with Crippen LogP contribution in [0.25, 0.3) is 0 Å². The lowest BCUT2D eigenvalue weighted by molar-refractivity contribution is -0.137. The number of hydrogen-bond donors (Lipinski definition) is 0. The molecule has 134 valence electrons. The number of nitriles is 1. The molecular weight excluding hydrogens is 357 g/mol. The van der Waals surface area contributed by atoms with Gasteiger partial charge in [0.05, 0.1) is 34.6 Å². The lowest BCUT2D eigenvalue weighted by atomic mass is 9.82. The average molecular weight is 372 g/mol. The predicted molar refractivity (Wildman–Crippen MR) is 82.2 cm³/mol. The maximum absolute atomic E-state index is 13.2. The summed E-state index contributed by atoms with van der Waals surface area (Å²) >= 11 is 0. The molecule has 0 amide bonds. The van der Waals surface area contributed by atoms with Crippen molar-refractivity contribution in [3.8, 4) is 6.07 Å². The number of halogens is 3. The van der Waals surface area contributed by atoms with Gasteiger partial charge in [-0.3, -0.25) is 4.31 Å². The molecule has 25 heavy (non-hydrogen) atoms. The van der Waals surface area contributed by atoms with Crippen LogP contribution < -0.4 is 4.31 Å². The molecule has 0 saturated carbocycles. The standard InChI is InChI=1S/C16H15F3N2O3S/c1-15-5-4-13(24-15)11-8-21(25(22,23)14(11)15)10-3-2-9(7-20)12(6-10)16(17,18)19/h2-3,6,11,13-14H,4-5,8H2,1H3/t11-,13+,14-,15-/m0/s1.